The second-order valence-electron chi connectivity index (χ2n) is 4.63. The Morgan fingerprint density at radius 2 is 2.24 bits per heavy atom. The van der Waals surface area contributed by atoms with Crippen molar-refractivity contribution >= 4 is 12.0 Å². The van der Waals surface area contributed by atoms with Gasteiger partial charge >= 0.3 is 6.09 Å². The molecule has 1 saturated heterocycles. The van der Waals surface area contributed by atoms with Gasteiger partial charge in [-0.1, -0.05) is 5.92 Å². The van der Waals surface area contributed by atoms with E-state index < -0.39 is 12.1 Å². The summed E-state index contributed by atoms with van der Waals surface area (Å²) < 4.78 is 4.44. The lowest BCUT2D eigenvalue weighted by Crippen LogP contribution is -2.50. The third kappa shape index (κ3) is 2.07. The van der Waals surface area contributed by atoms with E-state index in [-0.39, 0.29) is 11.9 Å². The van der Waals surface area contributed by atoms with Crippen LogP contribution in [0.15, 0.2) is 0 Å². The van der Waals surface area contributed by atoms with Gasteiger partial charge in [0, 0.05) is 12.1 Å². The largest absolute Gasteiger partial charge is 0.453 e. The van der Waals surface area contributed by atoms with E-state index in [0.717, 1.165) is 12.8 Å². The zero-order valence-electron chi connectivity index (χ0n) is 9.97. The Hall–Kier alpha value is -1.70. The minimum absolute atomic E-state index is 0.199. The highest BCUT2D eigenvalue weighted by molar-refractivity contribution is 5.89. The van der Waals surface area contributed by atoms with Crippen molar-refractivity contribution < 1.29 is 14.3 Å². The number of carbonyl (C=O) groups is 2. The van der Waals surface area contributed by atoms with Gasteiger partial charge in [0.2, 0.25) is 0 Å². The molecule has 0 bridgehead atoms. The van der Waals surface area contributed by atoms with Crippen LogP contribution in [0.1, 0.15) is 19.8 Å². The standard InChI is InChI=1S/C12H16N2O3/c1-4-9(13-12(16)17-3)11(15)14-7(2)5-8-6-10(8)14/h1,7-10H,5-6H2,2-3H3,(H,13,16)/t7-,8?,9+,10?/m1/s1. The van der Waals surface area contributed by atoms with Crippen molar-refractivity contribution in [1.29, 1.82) is 0 Å². The molecule has 2 unspecified atom stereocenters. The van der Waals surface area contributed by atoms with Crippen LogP contribution in [0.5, 0.6) is 0 Å². The molecule has 0 spiro atoms. The SMILES string of the molecule is C#C[C@H](NC(=O)OC)C(=O)N1C2CC2C[C@H]1C. The molecular formula is C12H16N2O3. The van der Waals surface area contributed by atoms with E-state index in [4.69, 9.17) is 6.42 Å². The fraction of sp³-hybridized carbons (Fsp3) is 0.667. The Kier molecular flexibility index (Phi) is 2.97. The van der Waals surface area contributed by atoms with Crippen LogP contribution in [0.25, 0.3) is 0 Å². The van der Waals surface area contributed by atoms with Crippen LogP contribution in [-0.4, -0.2) is 42.1 Å². The van der Waals surface area contributed by atoms with Crippen molar-refractivity contribution in [2.45, 2.75) is 37.9 Å². The number of nitrogens with zero attached hydrogens (tertiary/aromatic N) is 1. The molecule has 0 radical (unpaired) electrons. The molecule has 2 amide bonds. The van der Waals surface area contributed by atoms with E-state index in [1.165, 1.54) is 7.11 Å². The van der Waals surface area contributed by atoms with Crippen LogP contribution in [0.3, 0.4) is 0 Å². The van der Waals surface area contributed by atoms with Crippen LogP contribution in [-0.2, 0) is 9.53 Å². The maximum absolute atomic E-state index is 12.2. The number of fused-ring (bicyclic) bond motifs is 1. The van der Waals surface area contributed by atoms with Gasteiger partial charge in [-0.15, -0.1) is 6.42 Å². The first-order valence-corrected chi connectivity index (χ1v) is 5.71. The third-order valence-electron chi connectivity index (χ3n) is 3.48. The first-order valence-electron chi connectivity index (χ1n) is 5.71. The molecule has 2 aliphatic rings. The minimum Gasteiger partial charge on any atom is -0.453 e. The Morgan fingerprint density at radius 3 is 2.71 bits per heavy atom. The van der Waals surface area contributed by atoms with Gasteiger partial charge in [-0.2, -0.15) is 0 Å². The fourth-order valence-corrected chi connectivity index (χ4v) is 2.59. The highest BCUT2D eigenvalue weighted by Gasteiger charge is 2.53. The van der Waals surface area contributed by atoms with Gasteiger partial charge in [0.25, 0.3) is 5.91 Å². The molecule has 5 heteroatoms. The second kappa shape index (κ2) is 4.28. The highest BCUT2D eigenvalue weighted by Crippen LogP contribution is 2.47. The number of hydrogen-bond acceptors (Lipinski definition) is 3. The van der Waals surface area contributed by atoms with Crippen molar-refractivity contribution in [2.24, 2.45) is 5.92 Å². The quantitative estimate of drug-likeness (QED) is 0.704. The van der Waals surface area contributed by atoms with Crippen molar-refractivity contribution in [1.82, 2.24) is 10.2 Å². The first-order chi connectivity index (χ1) is 8.08. The summed E-state index contributed by atoms with van der Waals surface area (Å²) in [6.45, 7) is 2.01. The van der Waals surface area contributed by atoms with E-state index in [9.17, 15) is 9.59 Å². The summed E-state index contributed by atoms with van der Waals surface area (Å²) in [5.74, 6) is 2.73. The number of rotatable bonds is 2. The smallest absolute Gasteiger partial charge is 0.408 e. The molecule has 4 atom stereocenters. The maximum atomic E-state index is 12.2. The molecule has 2 fully saturated rings. The zero-order valence-corrected chi connectivity index (χ0v) is 9.97. The molecule has 1 saturated carbocycles. The lowest BCUT2D eigenvalue weighted by atomic mass is 10.2. The zero-order chi connectivity index (χ0) is 12.6. The summed E-state index contributed by atoms with van der Waals surface area (Å²) in [6, 6.07) is -0.390. The number of ether oxygens (including phenoxy) is 1. The summed E-state index contributed by atoms with van der Waals surface area (Å²) >= 11 is 0. The average Bonchev–Trinajstić information content (AvgIpc) is 2.97. The molecule has 0 aromatic carbocycles. The number of alkyl carbamates (subject to hydrolysis) is 1. The van der Waals surface area contributed by atoms with Crippen molar-refractivity contribution in [3.05, 3.63) is 0 Å². The highest BCUT2D eigenvalue weighted by atomic mass is 16.5. The van der Waals surface area contributed by atoms with E-state index in [0.29, 0.717) is 12.0 Å². The topological polar surface area (TPSA) is 58.6 Å². The number of amides is 2. The number of terminal acetylenes is 1. The number of carbonyl (C=O) groups excluding carboxylic acids is 2. The Balaban J connectivity index is 2.02. The molecule has 1 aliphatic heterocycles. The van der Waals surface area contributed by atoms with E-state index in [1.54, 1.807) is 0 Å². The van der Waals surface area contributed by atoms with Crippen LogP contribution < -0.4 is 5.32 Å². The molecule has 1 N–H and O–H groups in total. The molecule has 92 valence electrons. The van der Waals surface area contributed by atoms with Crippen LogP contribution in [0.2, 0.25) is 0 Å². The maximum Gasteiger partial charge on any atom is 0.408 e. The summed E-state index contributed by atoms with van der Waals surface area (Å²) in [6.07, 6.45) is 6.70. The first kappa shape index (κ1) is 11.8. The van der Waals surface area contributed by atoms with E-state index >= 15 is 0 Å². The van der Waals surface area contributed by atoms with Crippen molar-refractivity contribution in [2.75, 3.05) is 7.11 Å². The van der Waals surface area contributed by atoms with Crippen LogP contribution in [0, 0.1) is 18.3 Å². The Morgan fingerprint density at radius 1 is 1.53 bits per heavy atom. The fourth-order valence-electron chi connectivity index (χ4n) is 2.59. The van der Waals surface area contributed by atoms with Gasteiger partial charge in [0.15, 0.2) is 6.04 Å². The van der Waals surface area contributed by atoms with E-state index in [1.807, 2.05) is 11.8 Å². The lowest BCUT2D eigenvalue weighted by Gasteiger charge is -2.27. The number of piperidine rings is 1. The van der Waals surface area contributed by atoms with Gasteiger partial charge in [0.1, 0.15) is 0 Å². The number of likely N-dealkylation sites (tertiary alicyclic amines) is 1. The molecule has 1 aliphatic carbocycles. The predicted octanol–water partition coefficient (Wildman–Crippen LogP) is 0.353. The Bertz CT molecular complexity index is 386. The minimum atomic E-state index is -0.927. The molecular weight excluding hydrogens is 220 g/mol. The monoisotopic (exact) mass is 236 g/mol. The van der Waals surface area contributed by atoms with Gasteiger partial charge in [-0.25, -0.2) is 4.79 Å². The molecule has 2 rings (SSSR count). The van der Waals surface area contributed by atoms with Gasteiger partial charge < -0.3 is 9.64 Å². The molecule has 0 aromatic heterocycles. The molecule has 5 nitrogen and oxygen atoms in total. The lowest BCUT2D eigenvalue weighted by molar-refractivity contribution is -0.133. The number of nitrogens with one attached hydrogen (secondary N) is 1. The Labute approximate surface area is 100 Å². The van der Waals surface area contributed by atoms with Crippen LogP contribution >= 0.6 is 0 Å². The molecule has 0 aromatic rings. The van der Waals surface area contributed by atoms with Gasteiger partial charge in [-0.05, 0) is 25.7 Å². The number of hydrogen-bond donors (Lipinski definition) is 1. The van der Waals surface area contributed by atoms with Crippen molar-refractivity contribution in [3.8, 4) is 12.3 Å². The number of methoxy groups -OCH3 is 1. The normalized spacial score (nSPS) is 31.1. The summed E-state index contributed by atoms with van der Waals surface area (Å²) in [4.78, 5) is 25.1. The van der Waals surface area contributed by atoms with Gasteiger partial charge in [0.05, 0.1) is 7.11 Å². The van der Waals surface area contributed by atoms with Crippen LogP contribution in [0.4, 0.5) is 4.79 Å². The summed E-state index contributed by atoms with van der Waals surface area (Å²) in [7, 11) is 1.24. The summed E-state index contributed by atoms with van der Waals surface area (Å²) in [5, 5.41) is 2.36. The second-order valence-corrected chi connectivity index (χ2v) is 4.63. The van der Waals surface area contributed by atoms with E-state index in [2.05, 4.69) is 16.0 Å². The average molecular weight is 236 g/mol. The predicted molar refractivity (Wildman–Crippen MR) is 61.0 cm³/mol. The van der Waals surface area contributed by atoms with Gasteiger partial charge in [-0.3, -0.25) is 10.1 Å². The van der Waals surface area contributed by atoms with Crippen molar-refractivity contribution in [3.63, 3.8) is 0 Å². The third-order valence-corrected chi connectivity index (χ3v) is 3.48. The summed E-state index contributed by atoms with van der Waals surface area (Å²) in [5.41, 5.74) is 0. The molecule has 17 heavy (non-hydrogen) atoms. The molecule has 1 heterocycles.